The van der Waals surface area contributed by atoms with E-state index in [1.54, 1.807) is 12.1 Å². The highest BCUT2D eigenvalue weighted by Crippen LogP contribution is 2.15. The van der Waals surface area contributed by atoms with Crippen molar-refractivity contribution in [2.24, 2.45) is 7.05 Å². The van der Waals surface area contributed by atoms with E-state index < -0.39 is 29.6 Å². The van der Waals surface area contributed by atoms with Crippen molar-refractivity contribution in [2.75, 3.05) is 6.54 Å². The first-order valence-electron chi connectivity index (χ1n) is 8.36. The molecule has 5 N–H and O–H groups in total. The fourth-order valence-electron chi connectivity index (χ4n) is 2.52. The number of nitrogens with zero attached hydrogens (tertiary/aromatic N) is 2. The van der Waals surface area contributed by atoms with E-state index in [1.165, 1.54) is 7.05 Å². The summed E-state index contributed by atoms with van der Waals surface area (Å²) in [5, 5.41) is 22.6. The van der Waals surface area contributed by atoms with Gasteiger partial charge in [0, 0.05) is 13.6 Å². The Kier molecular flexibility index (Phi) is 5.57. The molecule has 2 atom stereocenters. The summed E-state index contributed by atoms with van der Waals surface area (Å²) in [6.07, 6.45) is -3.73. The number of nitrogens with one attached hydrogen (secondary N) is 3. The Morgan fingerprint density at radius 1 is 1.25 bits per heavy atom. The first-order chi connectivity index (χ1) is 13.4. The number of benzene rings is 1. The predicted octanol–water partition coefficient (Wildman–Crippen LogP) is -0.729. The van der Waals surface area contributed by atoms with Gasteiger partial charge >= 0.3 is 11.8 Å². The molecule has 0 spiro atoms. The van der Waals surface area contributed by atoms with E-state index in [2.05, 4.69) is 20.3 Å². The van der Waals surface area contributed by atoms with E-state index >= 15 is 0 Å². The largest absolute Gasteiger partial charge is 0.445 e. The fourth-order valence-corrected chi connectivity index (χ4v) is 2.52. The van der Waals surface area contributed by atoms with Gasteiger partial charge in [-0.05, 0) is 5.56 Å². The Labute approximate surface area is 157 Å². The van der Waals surface area contributed by atoms with Gasteiger partial charge in [-0.25, -0.2) is 14.6 Å². The van der Waals surface area contributed by atoms with E-state index in [0.29, 0.717) is 0 Å². The van der Waals surface area contributed by atoms with Gasteiger partial charge in [-0.15, -0.1) is 0 Å². The van der Waals surface area contributed by atoms with Crippen LogP contribution >= 0.6 is 0 Å². The van der Waals surface area contributed by atoms with Gasteiger partial charge in [-0.3, -0.25) is 14.3 Å². The average molecular weight is 389 g/mol. The van der Waals surface area contributed by atoms with E-state index in [9.17, 15) is 24.6 Å². The lowest BCUT2D eigenvalue weighted by Crippen LogP contribution is -2.36. The van der Waals surface area contributed by atoms with Crippen molar-refractivity contribution < 1.29 is 19.7 Å². The number of aryl methyl sites for hydroxylation is 1. The number of carbonyl (C=O) groups excluding carboxylic acids is 1. The van der Waals surface area contributed by atoms with Gasteiger partial charge in [-0.1, -0.05) is 30.3 Å². The topological polar surface area (TPSA) is 162 Å². The van der Waals surface area contributed by atoms with Crippen LogP contribution in [0, 0.1) is 0 Å². The van der Waals surface area contributed by atoms with Crippen molar-refractivity contribution in [1.29, 1.82) is 0 Å². The van der Waals surface area contributed by atoms with Crippen molar-refractivity contribution in [1.82, 2.24) is 24.8 Å². The summed E-state index contributed by atoms with van der Waals surface area (Å²) in [4.78, 5) is 43.8. The first kappa shape index (κ1) is 19.3. The summed E-state index contributed by atoms with van der Waals surface area (Å²) >= 11 is 0. The highest BCUT2D eigenvalue weighted by atomic mass is 16.5. The van der Waals surface area contributed by atoms with Crippen LogP contribution in [-0.4, -0.2) is 48.5 Å². The SMILES string of the molecule is Cn1c(=O)[nH]c(=O)c2[nH]c(C(O)C(O)CNC(=O)OCc3ccccc3)nc21. The molecule has 1 aromatic carbocycles. The molecule has 0 saturated carbocycles. The summed E-state index contributed by atoms with van der Waals surface area (Å²) in [5.41, 5.74) is -0.533. The standard InChI is InChI=1S/C17H19N5O6/c1-22-14-11(15(25)21-16(22)26)19-13(20-14)12(24)10(23)7-18-17(27)28-8-9-5-3-2-4-6-9/h2-6,10,12,23-24H,7-8H2,1H3,(H,18,27)(H,19,20)(H,21,25,26). The minimum atomic E-state index is -1.53. The zero-order valence-electron chi connectivity index (χ0n) is 14.9. The van der Waals surface area contributed by atoms with Gasteiger partial charge in [0.15, 0.2) is 5.65 Å². The number of hydrogen-bond acceptors (Lipinski definition) is 7. The van der Waals surface area contributed by atoms with Crippen molar-refractivity contribution in [3.63, 3.8) is 0 Å². The molecular formula is C17H19N5O6. The number of imidazole rings is 1. The molecule has 28 heavy (non-hydrogen) atoms. The summed E-state index contributed by atoms with van der Waals surface area (Å²) in [6, 6.07) is 9.05. The van der Waals surface area contributed by atoms with Crippen LogP contribution in [0.5, 0.6) is 0 Å². The summed E-state index contributed by atoms with van der Waals surface area (Å²) < 4.78 is 6.10. The minimum Gasteiger partial charge on any atom is -0.445 e. The number of rotatable bonds is 6. The molecule has 3 rings (SSSR count). The van der Waals surface area contributed by atoms with Gasteiger partial charge in [0.05, 0.1) is 0 Å². The zero-order valence-corrected chi connectivity index (χ0v) is 14.9. The van der Waals surface area contributed by atoms with Gasteiger partial charge in [0.1, 0.15) is 30.2 Å². The molecule has 0 fully saturated rings. The summed E-state index contributed by atoms with van der Waals surface area (Å²) in [5.74, 6) is -0.117. The number of hydrogen-bond donors (Lipinski definition) is 5. The third-order valence-electron chi connectivity index (χ3n) is 4.09. The Morgan fingerprint density at radius 3 is 2.68 bits per heavy atom. The number of fused-ring (bicyclic) bond motifs is 1. The van der Waals surface area contributed by atoms with Crippen LogP contribution in [0.1, 0.15) is 17.5 Å². The lowest BCUT2D eigenvalue weighted by Gasteiger charge is -2.16. The zero-order chi connectivity index (χ0) is 20.3. The van der Waals surface area contributed by atoms with Gasteiger partial charge in [-0.2, -0.15) is 0 Å². The molecule has 148 valence electrons. The Balaban J connectivity index is 1.60. The number of aliphatic hydroxyl groups excluding tert-OH is 2. The number of aromatic nitrogens is 4. The van der Waals surface area contributed by atoms with E-state index in [4.69, 9.17) is 4.74 Å². The Hall–Kier alpha value is -3.44. The molecule has 1 amide bonds. The second-order valence-corrected chi connectivity index (χ2v) is 6.09. The molecule has 2 unspecified atom stereocenters. The van der Waals surface area contributed by atoms with Crippen LogP contribution < -0.4 is 16.6 Å². The van der Waals surface area contributed by atoms with Crippen molar-refractivity contribution in [3.05, 3.63) is 62.6 Å². The highest BCUT2D eigenvalue weighted by molar-refractivity contribution is 5.69. The molecule has 11 nitrogen and oxygen atoms in total. The Morgan fingerprint density at radius 2 is 1.96 bits per heavy atom. The smallest absolute Gasteiger partial charge is 0.407 e. The number of ether oxygens (including phenoxy) is 1. The minimum absolute atomic E-state index is 0.0152. The molecule has 11 heteroatoms. The van der Waals surface area contributed by atoms with Gasteiger partial charge in [0.25, 0.3) is 5.56 Å². The quantitative estimate of drug-likeness (QED) is 0.371. The molecule has 0 aliphatic heterocycles. The van der Waals surface area contributed by atoms with Crippen LogP contribution in [0.2, 0.25) is 0 Å². The number of aliphatic hydroxyl groups is 2. The van der Waals surface area contributed by atoms with Crippen LogP contribution in [0.3, 0.4) is 0 Å². The number of H-pyrrole nitrogens is 2. The van der Waals surface area contributed by atoms with E-state index in [0.717, 1.165) is 10.1 Å². The number of alkyl carbamates (subject to hydrolysis) is 1. The van der Waals surface area contributed by atoms with Crippen LogP contribution in [0.4, 0.5) is 4.79 Å². The van der Waals surface area contributed by atoms with E-state index in [-0.39, 0.29) is 30.1 Å². The molecule has 0 saturated heterocycles. The average Bonchev–Trinajstić information content (AvgIpc) is 3.15. The molecule has 0 aliphatic carbocycles. The first-order valence-corrected chi connectivity index (χ1v) is 8.36. The maximum atomic E-state index is 11.8. The Bertz CT molecular complexity index is 1090. The van der Waals surface area contributed by atoms with Crippen molar-refractivity contribution in [3.8, 4) is 0 Å². The summed E-state index contributed by atoms with van der Waals surface area (Å²) in [6.45, 7) is -0.257. The molecule has 0 bridgehead atoms. The second-order valence-electron chi connectivity index (χ2n) is 6.09. The normalized spacial score (nSPS) is 13.2. The third-order valence-corrected chi connectivity index (χ3v) is 4.09. The maximum absolute atomic E-state index is 11.8. The van der Waals surface area contributed by atoms with Crippen LogP contribution in [0.15, 0.2) is 39.9 Å². The van der Waals surface area contributed by atoms with Crippen molar-refractivity contribution in [2.45, 2.75) is 18.8 Å². The number of aromatic amines is 2. The predicted molar refractivity (Wildman–Crippen MR) is 97.6 cm³/mol. The lowest BCUT2D eigenvalue weighted by molar-refractivity contribution is 0.0139. The lowest BCUT2D eigenvalue weighted by atomic mass is 10.2. The van der Waals surface area contributed by atoms with Crippen LogP contribution in [-0.2, 0) is 18.4 Å². The highest BCUT2D eigenvalue weighted by Gasteiger charge is 2.24. The number of carbonyl (C=O) groups is 1. The maximum Gasteiger partial charge on any atom is 0.407 e. The molecule has 3 aromatic rings. The molecule has 2 aromatic heterocycles. The monoisotopic (exact) mass is 389 g/mol. The summed E-state index contributed by atoms with van der Waals surface area (Å²) in [7, 11) is 1.40. The van der Waals surface area contributed by atoms with Gasteiger partial charge in [0.2, 0.25) is 0 Å². The molecule has 2 heterocycles. The third kappa shape index (κ3) is 4.10. The molecular weight excluding hydrogens is 370 g/mol. The van der Waals surface area contributed by atoms with E-state index in [1.807, 2.05) is 18.2 Å². The second kappa shape index (κ2) is 8.06. The van der Waals surface area contributed by atoms with Crippen molar-refractivity contribution >= 4 is 17.3 Å². The van der Waals surface area contributed by atoms with Gasteiger partial charge < -0.3 is 25.3 Å². The van der Waals surface area contributed by atoms with Crippen LogP contribution in [0.25, 0.3) is 11.2 Å². The molecule has 0 radical (unpaired) electrons. The molecule has 0 aliphatic rings. The number of amides is 1. The fraction of sp³-hybridized carbons (Fsp3) is 0.294.